The van der Waals surface area contributed by atoms with Gasteiger partial charge in [-0.05, 0) is 32.0 Å². The second-order valence-corrected chi connectivity index (χ2v) is 4.68. The number of benzene rings is 2. The average Bonchev–Trinajstić information content (AvgIpc) is 2.46. The normalized spacial score (nSPS) is 11.1. The first-order valence-corrected chi connectivity index (χ1v) is 6.82. The smallest absolute Gasteiger partial charge is 0.203 e. The molecule has 1 aliphatic carbocycles. The van der Waals surface area contributed by atoms with Crippen LogP contribution in [0.1, 0.15) is 13.8 Å². The summed E-state index contributed by atoms with van der Waals surface area (Å²) in [6, 6.07) is 16.8. The fourth-order valence-electron chi connectivity index (χ4n) is 2.49. The lowest BCUT2D eigenvalue weighted by atomic mass is 10.1. The molecule has 1 aromatic rings. The van der Waals surface area contributed by atoms with E-state index in [1.165, 1.54) is 5.36 Å². The van der Waals surface area contributed by atoms with Crippen LogP contribution < -0.4 is 9.93 Å². The SMILES string of the molecule is CC[N+](CC)=c1ccc2cc3ccccc3oc-2c1. The summed E-state index contributed by atoms with van der Waals surface area (Å²) in [6.07, 6.45) is 0. The highest BCUT2D eigenvalue weighted by Crippen LogP contribution is 2.26. The molecule has 0 fully saturated rings. The van der Waals surface area contributed by atoms with Gasteiger partial charge in [0.2, 0.25) is 5.36 Å². The first-order valence-electron chi connectivity index (χ1n) is 6.82. The van der Waals surface area contributed by atoms with E-state index in [1.807, 2.05) is 18.2 Å². The van der Waals surface area contributed by atoms with Crippen molar-refractivity contribution in [2.24, 2.45) is 0 Å². The molecule has 0 radical (unpaired) electrons. The Labute approximate surface area is 113 Å². The summed E-state index contributed by atoms with van der Waals surface area (Å²) in [5.74, 6) is 0.947. The molecule has 0 aromatic heterocycles. The molecule has 1 aliphatic heterocycles. The Morgan fingerprint density at radius 1 is 0.947 bits per heavy atom. The van der Waals surface area contributed by atoms with Gasteiger partial charge in [-0.1, -0.05) is 18.2 Å². The van der Waals surface area contributed by atoms with Gasteiger partial charge in [0.15, 0.2) is 0 Å². The van der Waals surface area contributed by atoms with E-state index in [2.05, 4.69) is 48.8 Å². The van der Waals surface area contributed by atoms with Gasteiger partial charge in [0.05, 0.1) is 6.07 Å². The molecule has 2 heteroatoms. The summed E-state index contributed by atoms with van der Waals surface area (Å²) in [5, 5.41) is 2.36. The Morgan fingerprint density at radius 2 is 1.74 bits per heavy atom. The Hall–Kier alpha value is -2.09. The topological polar surface area (TPSA) is 16.1 Å². The molecule has 3 rings (SSSR count). The molecule has 1 heterocycles. The third kappa shape index (κ3) is 2.14. The van der Waals surface area contributed by atoms with Gasteiger partial charge in [-0.2, -0.15) is 0 Å². The minimum absolute atomic E-state index is 0.937. The van der Waals surface area contributed by atoms with Crippen LogP contribution in [0.4, 0.5) is 0 Å². The molecule has 96 valence electrons. The van der Waals surface area contributed by atoms with E-state index in [0.717, 1.165) is 35.4 Å². The maximum absolute atomic E-state index is 6.00. The fourth-order valence-corrected chi connectivity index (χ4v) is 2.49. The molecule has 0 amide bonds. The van der Waals surface area contributed by atoms with Crippen LogP contribution >= 0.6 is 0 Å². The predicted molar refractivity (Wildman–Crippen MR) is 79.2 cm³/mol. The number of fused-ring (bicyclic) bond motifs is 2. The number of para-hydroxylation sites is 1. The molecule has 0 saturated heterocycles. The quantitative estimate of drug-likeness (QED) is 0.504. The van der Waals surface area contributed by atoms with E-state index in [-0.39, 0.29) is 0 Å². The van der Waals surface area contributed by atoms with E-state index in [0.29, 0.717) is 0 Å². The lowest BCUT2D eigenvalue weighted by Crippen LogP contribution is -2.29. The van der Waals surface area contributed by atoms with Gasteiger partial charge < -0.3 is 4.42 Å². The average molecular weight is 252 g/mol. The largest absolute Gasteiger partial charge is 0.456 e. The highest BCUT2D eigenvalue weighted by Gasteiger charge is 2.09. The zero-order valence-corrected chi connectivity index (χ0v) is 11.4. The third-order valence-electron chi connectivity index (χ3n) is 3.58. The highest BCUT2D eigenvalue weighted by atomic mass is 16.3. The van der Waals surface area contributed by atoms with E-state index in [9.17, 15) is 0 Å². The Morgan fingerprint density at radius 3 is 2.53 bits per heavy atom. The minimum atomic E-state index is 0.937. The van der Waals surface area contributed by atoms with Crippen molar-refractivity contribution in [1.82, 2.24) is 4.58 Å². The highest BCUT2D eigenvalue weighted by molar-refractivity contribution is 5.82. The minimum Gasteiger partial charge on any atom is -0.456 e. The van der Waals surface area contributed by atoms with Gasteiger partial charge >= 0.3 is 0 Å². The predicted octanol–water partition coefficient (Wildman–Crippen LogP) is 3.35. The summed E-state index contributed by atoms with van der Waals surface area (Å²) in [6.45, 7) is 6.36. The maximum Gasteiger partial charge on any atom is 0.203 e. The van der Waals surface area contributed by atoms with E-state index < -0.39 is 0 Å². The lowest BCUT2D eigenvalue weighted by Gasteiger charge is -2.06. The van der Waals surface area contributed by atoms with E-state index in [4.69, 9.17) is 4.42 Å². The Balaban J connectivity index is 2.32. The molecule has 0 atom stereocenters. The molecule has 2 nitrogen and oxygen atoms in total. The summed E-state index contributed by atoms with van der Waals surface area (Å²) >= 11 is 0. The van der Waals surface area contributed by atoms with Crippen molar-refractivity contribution in [2.45, 2.75) is 13.8 Å². The van der Waals surface area contributed by atoms with Crippen LogP contribution in [0.25, 0.3) is 22.3 Å². The maximum atomic E-state index is 6.00. The number of rotatable bonds is 2. The molecule has 0 unspecified atom stereocenters. The molecule has 2 aliphatic rings. The Kier molecular flexibility index (Phi) is 3.08. The summed E-state index contributed by atoms with van der Waals surface area (Å²) in [5.41, 5.74) is 2.08. The van der Waals surface area contributed by atoms with Crippen LogP contribution in [0.3, 0.4) is 0 Å². The first-order chi connectivity index (χ1) is 9.31. The summed E-state index contributed by atoms with van der Waals surface area (Å²) in [4.78, 5) is 0. The summed E-state index contributed by atoms with van der Waals surface area (Å²) < 4.78 is 8.32. The van der Waals surface area contributed by atoms with Crippen LogP contribution in [0.15, 0.2) is 52.9 Å². The molecule has 0 N–H and O–H groups in total. The monoisotopic (exact) mass is 252 g/mol. The lowest BCUT2D eigenvalue weighted by molar-refractivity contribution is 0.604. The molecule has 0 bridgehead atoms. The van der Waals surface area contributed by atoms with Crippen LogP contribution in [-0.2, 0) is 0 Å². The molecule has 0 saturated carbocycles. The van der Waals surface area contributed by atoms with Crippen LogP contribution in [0, 0.1) is 0 Å². The Bertz CT molecular complexity index is 749. The fraction of sp³-hybridized carbons (Fsp3) is 0.235. The number of nitrogens with zero attached hydrogens (tertiary/aromatic N) is 1. The van der Waals surface area contributed by atoms with Crippen molar-refractivity contribution in [2.75, 3.05) is 13.1 Å². The molecular formula is C17H18NO+. The number of hydrogen-bond acceptors (Lipinski definition) is 1. The van der Waals surface area contributed by atoms with Crippen molar-refractivity contribution in [1.29, 1.82) is 0 Å². The molecule has 1 aromatic carbocycles. The summed E-state index contributed by atoms with van der Waals surface area (Å²) in [7, 11) is 0. The zero-order chi connectivity index (χ0) is 13.2. The second kappa shape index (κ2) is 4.88. The van der Waals surface area contributed by atoms with Crippen molar-refractivity contribution in [3.8, 4) is 11.3 Å². The zero-order valence-electron chi connectivity index (χ0n) is 11.4. The van der Waals surface area contributed by atoms with E-state index in [1.54, 1.807) is 0 Å². The van der Waals surface area contributed by atoms with E-state index >= 15 is 0 Å². The van der Waals surface area contributed by atoms with Gasteiger partial charge in [0.1, 0.15) is 24.4 Å². The molecule has 19 heavy (non-hydrogen) atoms. The van der Waals surface area contributed by atoms with Gasteiger partial charge in [0.25, 0.3) is 0 Å². The van der Waals surface area contributed by atoms with Crippen LogP contribution in [0.5, 0.6) is 0 Å². The van der Waals surface area contributed by atoms with Gasteiger partial charge in [-0.3, -0.25) is 0 Å². The standard InChI is InChI=1S/C17H18NO/c1-3-18(4-2)15-10-9-14-11-13-7-5-6-8-16(13)19-17(14)12-15/h5-12H,3-4H2,1-2H3/q+1. The van der Waals surface area contributed by atoms with Crippen molar-refractivity contribution in [3.05, 3.63) is 53.9 Å². The van der Waals surface area contributed by atoms with Crippen molar-refractivity contribution < 1.29 is 4.42 Å². The van der Waals surface area contributed by atoms with Gasteiger partial charge in [-0.15, -0.1) is 0 Å². The van der Waals surface area contributed by atoms with Crippen LogP contribution in [-0.4, -0.2) is 13.1 Å². The van der Waals surface area contributed by atoms with Gasteiger partial charge in [0, 0.05) is 17.0 Å². The first kappa shape index (κ1) is 12.0. The van der Waals surface area contributed by atoms with Crippen molar-refractivity contribution >= 4 is 11.0 Å². The van der Waals surface area contributed by atoms with Crippen molar-refractivity contribution in [3.63, 3.8) is 0 Å². The molecule has 0 spiro atoms. The molecular weight excluding hydrogens is 234 g/mol. The van der Waals surface area contributed by atoms with Gasteiger partial charge in [-0.25, -0.2) is 4.58 Å². The second-order valence-electron chi connectivity index (χ2n) is 4.68. The third-order valence-corrected chi connectivity index (χ3v) is 3.58. The number of hydrogen-bond donors (Lipinski definition) is 0. The van der Waals surface area contributed by atoms with Crippen LogP contribution in [0.2, 0.25) is 0 Å².